The largest absolute Gasteiger partial charge is 0.493 e. The Bertz CT molecular complexity index is 1110. The Morgan fingerprint density at radius 1 is 0.821 bits per heavy atom. The number of alkyl halides is 2. The Balaban J connectivity index is 1.44. The van der Waals surface area contributed by atoms with Gasteiger partial charge in [-0.1, -0.05) is 84.4 Å². The highest BCUT2D eigenvalue weighted by molar-refractivity contribution is 9.10. The highest BCUT2D eigenvalue weighted by atomic mass is 79.9. The molecule has 7 heteroatoms. The monoisotopic (exact) mass is 620 g/mol. The van der Waals surface area contributed by atoms with Crippen LogP contribution in [-0.2, 0) is 16.1 Å². The third kappa shape index (κ3) is 11.9. The van der Waals surface area contributed by atoms with E-state index in [4.69, 9.17) is 26.8 Å². The summed E-state index contributed by atoms with van der Waals surface area (Å²) >= 11 is 8.51. The predicted octanol–water partition coefficient (Wildman–Crippen LogP) is 10.4. The number of hydrogen-bond donors (Lipinski definition) is 1. The molecule has 1 atom stereocenters. The first-order chi connectivity index (χ1) is 18.8. The van der Waals surface area contributed by atoms with Crippen molar-refractivity contribution in [3.63, 3.8) is 0 Å². The fourth-order valence-corrected chi connectivity index (χ4v) is 4.91. The maximum atomic E-state index is 12.2. The van der Waals surface area contributed by atoms with Crippen LogP contribution in [0.4, 0.5) is 8.78 Å². The molecule has 0 aliphatic carbocycles. The second-order valence-electron chi connectivity index (χ2n) is 9.97. The van der Waals surface area contributed by atoms with Crippen molar-refractivity contribution in [2.24, 2.45) is 0 Å². The van der Waals surface area contributed by atoms with Gasteiger partial charge in [-0.15, -0.1) is 0 Å². The lowest BCUT2D eigenvalue weighted by Gasteiger charge is -2.27. The average Bonchev–Trinajstić information content (AvgIpc) is 2.90. The van der Waals surface area contributed by atoms with Crippen LogP contribution in [0.5, 0.6) is 17.2 Å². The summed E-state index contributed by atoms with van der Waals surface area (Å²) in [5.41, 5.74) is 2.00. The first-order valence-electron chi connectivity index (χ1n) is 13.7. The summed E-state index contributed by atoms with van der Waals surface area (Å²) in [6.07, 6.45) is 4.56. The van der Waals surface area contributed by atoms with Gasteiger partial charge in [0.05, 0.1) is 24.6 Å². The molecule has 0 N–H and O–H groups in total. The third-order valence-electron chi connectivity index (χ3n) is 6.38. The summed E-state index contributed by atoms with van der Waals surface area (Å²) in [4.78, 5) is 0. The van der Waals surface area contributed by atoms with E-state index in [0.29, 0.717) is 26.2 Å². The quantitative estimate of drug-likeness (QED) is 0.113. The molecule has 0 aliphatic rings. The molecule has 3 aromatic rings. The molecule has 0 bridgehead atoms. The lowest BCUT2D eigenvalue weighted by Crippen LogP contribution is -2.23. The van der Waals surface area contributed by atoms with Gasteiger partial charge < -0.3 is 14.2 Å². The van der Waals surface area contributed by atoms with Gasteiger partial charge in [0.25, 0.3) is 0 Å². The number of halogens is 3. The van der Waals surface area contributed by atoms with Gasteiger partial charge in [0.2, 0.25) is 6.43 Å². The van der Waals surface area contributed by atoms with E-state index in [0.717, 1.165) is 71.4 Å². The van der Waals surface area contributed by atoms with Gasteiger partial charge in [-0.05, 0) is 61.7 Å². The standard InChI is InChI=1S/C32H39BrF2O3S/c1-32(39,24-36-23-25-13-12-16-28(21-25)38-27-14-8-7-9-15-27)29-19-18-26(33)22-30(29)37-20-11-6-4-2-3-5-10-17-31(34)35/h7-9,12-16,18-19,21-22,31,39H,2-6,10-11,17,20,23-24H2,1H3. The summed E-state index contributed by atoms with van der Waals surface area (Å²) in [5, 5.41) is 0. The van der Waals surface area contributed by atoms with Gasteiger partial charge in [0, 0.05) is 16.5 Å². The second kappa shape index (κ2) is 16.9. The van der Waals surface area contributed by atoms with Crippen LogP contribution in [-0.4, -0.2) is 19.6 Å². The van der Waals surface area contributed by atoms with Gasteiger partial charge in [0.1, 0.15) is 17.2 Å². The van der Waals surface area contributed by atoms with E-state index in [2.05, 4.69) is 15.9 Å². The molecule has 0 saturated carbocycles. The number of ether oxygens (including phenoxy) is 3. The van der Waals surface area contributed by atoms with Crippen LogP contribution < -0.4 is 9.47 Å². The minimum absolute atomic E-state index is 0.0226. The van der Waals surface area contributed by atoms with Crippen molar-refractivity contribution in [2.75, 3.05) is 13.2 Å². The number of para-hydroxylation sites is 1. The van der Waals surface area contributed by atoms with Crippen LogP contribution in [0.15, 0.2) is 77.3 Å². The number of rotatable bonds is 18. The van der Waals surface area contributed by atoms with Gasteiger partial charge >= 0.3 is 0 Å². The van der Waals surface area contributed by atoms with E-state index in [9.17, 15) is 8.78 Å². The van der Waals surface area contributed by atoms with Crippen LogP contribution in [0.1, 0.15) is 69.4 Å². The van der Waals surface area contributed by atoms with Crippen molar-refractivity contribution in [1.29, 1.82) is 0 Å². The molecule has 1 unspecified atom stereocenters. The highest BCUT2D eigenvalue weighted by Crippen LogP contribution is 2.37. The Morgan fingerprint density at radius 2 is 1.51 bits per heavy atom. The third-order valence-corrected chi connectivity index (χ3v) is 7.24. The fraction of sp³-hybridized carbons (Fsp3) is 0.438. The van der Waals surface area contributed by atoms with E-state index < -0.39 is 11.2 Å². The topological polar surface area (TPSA) is 27.7 Å². The second-order valence-corrected chi connectivity index (χ2v) is 11.9. The van der Waals surface area contributed by atoms with Crippen LogP contribution in [0.2, 0.25) is 0 Å². The molecular formula is C32H39BrF2O3S. The minimum atomic E-state index is -2.17. The van der Waals surface area contributed by atoms with E-state index in [-0.39, 0.29) is 6.42 Å². The Morgan fingerprint density at radius 3 is 2.26 bits per heavy atom. The van der Waals surface area contributed by atoms with Crippen LogP contribution >= 0.6 is 28.6 Å². The number of hydrogen-bond acceptors (Lipinski definition) is 4. The molecule has 3 rings (SSSR count). The number of unbranched alkanes of at least 4 members (excludes halogenated alkanes) is 6. The summed E-state index contributed by atoms with van der Waals surface area (Å²) in [7, 11) is 0. The zero-order valence-corrected chi connectivity index (χ0v) is 25.1. The maximum Gasteiger partial charge on any atom is 0.238 e. The minimum Gasteiger partial charge on any atom is -0.493 e. The SMILES string of the molecule is CC(S)(COCc1cccc(Oc2ccccc2)c1)c1ccc(Br)cc1OCCCCCCCCCC(F)F. The highest BCUT2D eigenvalue weighted by Gasteiger charge is 2.26. The summed E-state index contributed by atoms with van der Waals surface area (Å²) in [6.45, 7) is 3.50. The first kappa shape index (κ1) is 31.4. The van der Waals surface area contributed by atoms with Crippen molar-refractivity contribution < 1.29 is 23.0 Å². The van der Waals surface area contributed by atoms with Crippen molar-refractivity contribution in [2.45, 2.75) is 76.1 Å². The number of benzene rings is 3. The molecule has 3 nitrogen and oxygen atoms in total. The van der Waals surface area contributed by atoms with Gasteiger partial charge in [-0.25, -0.2) is 8.78 Å². The van der Waals surface area contributed by atoms with E-state index in [1.807, 2.05) is 79.7 Å². The average molecular weight is 622 g/mol. The molecular weight excluding hydrogens is 582 g/mol. The van der Waals surface area contributed by atoms with Gasteiger partial charge in [0.15, 0.2) is 0 Å². The Labute approximate surface area is 245 Å². The number of thiol groups is 1. The Kier molecular flexibility index (Phi) is 13.6. The van der Waals surface area contributed by atoms with E-state index in [1.54, 1.807) is 0 Å². The molecule has 0 aromatic heterocycles. The summed E-state index contributed by atoms with van der Waals surface area (Å²) < 4.78 is 43.0. The fourth-order valence-electron chi connectivity index (χ4n) is 4.30. The molecule has 0 radical (unpaired) electrons. The first-order valence-corrected chi connectivity index (χ1v) is 14.9. The Hall–Kier alpha value is -2.09. The lowest BCUT2D eigenvalue weighted by atomic mass is 10.00. The molecule has 0 spiro atoms. The van der Waals surface area contributed by atoms with E-state index >= 15 is 0 Å². The molecule has 39 heavy (non-hydrogen) atoms. The normalized spacial score (nSPS) is 12.9. The molecule has 0 aliphatic heterocycles. The summed E-state index contributed by atoms with van der Waals surface area (Å²) in [6, 6.07) is 23.6. The van der Waals surface area contributed by atoms with Crippen molar-refractivity contribution in [3.8, 4) is 17.2 Å². The molecule has 0 heterocycles. The van der Waals surface area contributed by atoms with Crippen molar-refractivity contribution in [1.82, 2.24) is 0 Å². The van der Waals surface area contributed by atoms with Crippen LogP contribution in [0.3, 0.4) is 0 Å². The van der Waals surface area contributed by atoms with Crippen molar-refractivity contribution in [3.05, 3.63) is 88.4 Å². The maximum absolute atomic E-state index is 12.2. The zero-order chi connectivity index (χ0) is 27.9. The molecule has 3 aromatic carbocycles. The molecule has 0 amide bonds. The van der Waals surface area contributed by atoms with Gasteiger partial charge in [-0.2, -0.15) is 12.6 Å². The summed E-state index contributed by atoms with van der Waals surface area (Å²) in [5.74, 6) is 2.37. The van der Waals surface area contributed by atoms with E-state index in [1.165, 1.54) is 0 Å². The van der Waals surface area contributed by atoms with Crippen molar-refractivity contribution >= 4 is 28.6 Å². The molecule has 0 saturated heterocycles. The molecule has 0 fully saturated rings. The predicted molar refractivity (Wildman–Crippen MR) is 162 cm³/mol. The smallest absolute Gasteiger partial charge is 0.238 e. The molecule has 212 valence electrons. The van der Waals surface area contributed by atoms with Crippen LogP contribution in [0, 0.1) is 0 Å². The van der Waals surface area contributed by atoms with Gasteiger partial charge in [-0.3, -0.25) is 0 Å². The lowest BCUT2D eigenvalue weighted by molar-refractivity contribution is 0.102. The van der Waals surface area contributed by atoms with Crippen LogP contribution in [0.25, 0.3) is 0 Å². The zero-order valence-electron chi connectivity index (χ0n) is 22.6.